The van der Waals surface area contributed by atoms with Gasteiger partial charge in [0.1, 0.15) is 0 Å². The minimum absolute atomic E-state index is 0.396. The molecule has 3 heteroatoms. The van der Waals surface area contributed by atoms with Crippen molar-refractivity contribution in [2.75, 3.05) is 13.7 Å². The predicted octanol–water partition coefficient (Wildman–Crippen LogP) is 0.181. The van der Waals surface area contributed by atoms with Crippen molar-refractivity contribution >= 4 is 5.97 Å². The third kappa shape index (κ3) is 10.1. The van der Waals surface area contributed by atoms with Crippen molar-refractivity contribution in [3.05, 3.63) is 0 Å². The van der Waals surface area contributed by atoms with Crippen LogP contribution in [0.25, 0.3) is 0 Å². The van der Waals surface area contributed by atoms with Crippen LogP contribution >= 0.6 is 0 Å². The lowest BCUT2D eigenvalue weighted by molar-refractivity contribution is -0.136. The van der Waals surface area contributed by atoms with Crippen LogP contribution in [0.3, 0.4) is 0 Å². The van der Waals surface area contributed by atoms with Gasteiger partial charge in [-0.3, -0.25) is 0 Å². The molecule has 0 aromatic carbocycles. The molecule has 1 N–H and O–H groups in total. The highest BCUT2D eigenvalue weighted by atomic mass is 16.5. The second-order valence-corrected chi connectivity index (χ2v) is 1.10. The van der Waals surface area contributed by atoms with Crippen LogP contribution in [0.4, 0.5) is 0 Å². The fourth-order valence-corrected chi connectivity index (χ4v) is 0.269. The largest absolute Gasteiger partial charge is 0.456 e. The van der Waals surface area contributed by atoms with Crippen LogP contribution < -0.4 is 0 Å². The standard InChI is InChI=1S/C6H8O2.CH4O/c1-3-5-6(7)8-4-2;1-2/h4H2,1-2H3;2H,1H3. The van der Waals surface area contributed by atoms with E-state index in [9.17, 15) is 4.79 Å². The zero-order chi connectivity index (χ0) is 8.41. The van der Waals surface area contributed by atoms with Gasteiger partial charge in [0.2, 0.25) is 0 Å². The van der Waals surface area contributed by atoms with Gasteiger partial charge in [0.05, 0.1) is 6.61 Å². The van der Waals surface area contributed by atoms with Crippen LogP contribution in [-0.2, 0) is 9.53 Å². The number of esters is 1. The van der Waals surface area contributed by atoms with Crippen molar-refractivity contribution in [3.63, 3.8) is 0 Å². The van der Waals surface area contributed by atoms with Gasteiger partial charge in [-0.25, -0.2) is 4.79 Å². The van der Waals surface area contributed by atoms with Crippen LogP contribution in [0.2, 0.25) is 0 Å². The number of rotatable bonds is 1. The van der Waals surface area contributed by atoms with E-state index in [-0.39, 0.29) is 0 Å². The van der Waals surface area contributed by atoms with Gasteiger partial charge in [-0.1, -0.05) is 5.92 Å². The summed E-state index contributed by atoms with van der Waals surface area (Å²) >= 11 is 0. The zero-order valence-electron chi connectivity index (χ0n) is 6.47. The molecule has 0 fully saturated rings. The fourth-order valence-electron chi connectivity index (χ4n) is 0.269. The molecule has 0 heterocycles. The van der Waals surface area contributed by atoms with Crippen molar-refractivity contribution in [2.24, 2.45) is 0 Å². The Morgan fingerprint density at radius 1 is 1.60 bits per heavy atom. The van der Waals surface area contributed by atoms with Gasteiger partial charge < -0.3 is 9.84 Å². The minimum atomic E-state index is -0.449. The van der Waals surface area contributed by atoms with E-state index in [0.717, 1.165) is 7.11 Å². The Morgan fingerprint density at radius 2 is 2.10 bits per heavy atom. The van der Waals surface area contributed by atoms with Gasteiger partial charge in [0, 0.05) is 13.0 Å². The van der Waals surface area contributed by atoms with Crippen molar-refractivity contribution in [1.29, 1.82) is 0 Å². The molecule has 0 unspecified atom stereocenters. The maximum absolute atomic E-state index is 10.2. The molecule has 0 radical (unpaired) electrons. The highest BCUT2D eigenvalue weighted by molar-refractivity contribution is 5.88. The molecule has 0 aliphatic heterocycles. The second-order valence-electron chi connectivity index (χ2n) is 1.10. The first-order chi connectivity index (χ1) is 4.81. The Labute approximate surface area is 61.0 Å². The maximum Gasteiger partial charge on any atom is 0.384 e. The molecular formula is C7H12O3. The number of aliphatic hydroxyl groups excluding tert-OH is 1. The summed E-state index contributed by atoms with van der Waals surface area (Å²) in [5, 5.41) is 7.00. The highest BCUT2D eigenvalue weighted by Gasteiger charge is 1.88. The second kappa shape index (κ2) is 10.9. The van der Waals surface area contributed by atoms with Crippen molar-refractivity contribution in [2.45, 2.75) is 13.8 Å². The van der Waals surface area contributed by atoms with Crippen LogP contribution in [-0.4, -0.2) is 24.8 Å². The van der Waals surface area contributed by atoms with E-state index in [1.807, 2.05) is 0 Å². The van der Waals surface area contributed by atoms with Gasteiger partial charge in [0.25, 0.3) is 0 Å². The van der Waals surface area contributed by atoms with Crippen LogP contribution in [0.15, 0.2) is 0 Å². The first kappa shape index (κ1) is 11.7. The lowest BCUT2D eigenvalue weighted by atomic mass is 10.6. The summed E-state index contributed by atoms with van der Waals surface area (Å²) in [5.41, 5.74) is 0. The zero-order valence-corrected chi connectivity index (χ0v) is 6.47. The molecule has 0 bridgehead atoms. The van der Waals surface area contributed by atoms with Crippen molar-refractivity contribution in [3.8, 4) is 11.8 Å². The topological polar surface area (TPSA) is 46.5 Å². The predicted molar refractivity (Wildman–Crippen MR) is 38.2 cm³/mol. The first-order valence-corrected chi connectivity index (χ1v) is 2.85. The third-order valence-corrected chi connectivity index (χ3v) is 0.502. The van der Waals surface area contributed by atoms with E-state index in [1.165, 1.54) is 0 Å². The summed E-state index contributed by atoms with van der Waals surface area (Å²) in [6.45, 7) is 3.74. The molecule has 0 atom stereocenters. The number of hydrogen-bond acceptors (Lipinski definition) is 3. The Balaban J connectivity index is 0. The summed E-state index contributed by atoms with van der Waals surface area (Å²) in [7, 11) is 1.00. The molecule has 10 heavy (non-hydrogen) atoms. The lowest BCUT2D eigenvalue weighted by Gasteiger charge is -1.89. The first-order valence-electron chi connectivity index (χ1n) is 2.85. The summed E-state index contributed by atoms with van der Waals surface area (Å²) in [4.78, 5) is 10.2. The average molecular weight is 144 g/mol. The van der Waals surface area contributed by atoms with E-state index >= 15 is 0 Å². The van der Waals surface area contributed by atoms with Gasteiger partial charge in [-0.2, -0.15) is 0 Å². The molecule has 0 amide bonds. The molecule has 3 nitrogen and oxygen atoms in total. The molecule has 0 saturated carbocycles. The molecule has 0 spiro atoms. The van der Waals surface area contributed by atoms with Crippen molar-refractivity contribution < 1.29 is 14.6 Å². The molecule has 58 valence electrons. The van der Waals surface area contributed by atoms with E-state index in [0.29, 0.717) is 6.61 Å². The molecule has 0 aliphatic carbocycles. The Bertz CT molecular complexity index is 130. The van der Waals surface area contributed by atoms with Crippen LogP contribution in [0.5, 0.6) is 0 Å². The number of aliphatic hydroxyl groups is 1. The quantitative estimate of drug-likeness (QED) is 0.324. The van der Waals surface area contributed by atoms with Gasteiger partial charge in [-0.15, -0.1) is 0 Å². The van der Waals surface area contributed by atoms with Crippen molar-refractivity contribution in [1.82, 2.24) is 0 Å². The normalized spacial score (nSPS) is 6.00. The summed E-state index contributed by atoms with van der Waals surface area (Å²) in [5.74, 6) is 4.21. The number of carbonyl (C=O) groups excluding carboxylic acids is 1. The Hall–Kier alpha value is -1.01. The SMILES string of the molecule is CC#CC(=O)OCC.CO. The molecule has 0 rings (SSSR count). The molecular weight excluding hydrogens is 132 g/mol. The van der Waals surface area contributed by atoms with Crippen LogP contribution in [0, 0.1) is 11.8 Å². The van der Waals surface area contributed by atoms with E-state index in [4.69, 9.17) is 5.11 Å². The van der Waals surface area contributed by atoms with Crippen LogP contribution in [0.1, 0.15) is 13.8 Å². The number of ether oxygens (including phenoxy) is 1. The maximum atomic E-state index is 10.2. The van der Waals surface area contributed by atoms with E-state index < -0.39 is 5.97 Å². The molecule has 0 aromatic heterocycles. The average Bonchev–Trinajstić information content (AvgIpc) is 1.93. The Morgan fingerprint density at radius 3 is 2.40 bits per heavy atom. The highest BCUT2D eigenvalue weighted by Crippen LogP contribution is 1.71. The van der Waals surface area contributed by atoms with Gasteiger partial charge >= 0.3 is 5.97 Å². The van der Waals surface area contributed by atoms with Gasteiger partial charge in [-0.05, 0) is 13.8 Å². The van der Waals surface area contributed by atoms with E-state index in [2.05, 4.69) is 16.6 Å². The van der Waals surface area contributed by atoms with E-state index in [1.54, 1.807) is 13.8 Å². The monoisotopic (exact) mass is 144 g/mol. The minimum Gasteiger partial charge on any atom is -0.456 e. The summed E-state index contributed by atoms with van der Waals surface area (Å²) in [6, 6.07) is 0. The fraction of sp³-hybridized carbons (Fsp3) is 0.571. The molecule has 0 saturated heterocycles. The Kier molecular flexibility index (Phi) is 12.8. The smallest absolute Gasteiger partial charge is 0.384 e. The molecule has 0 aliphatic rings. The van der Waals surface area contributed by atoms with Gasteiger partial charge in [0.15, 0.2) is 0 Å². The number of hydrogen-bond donors (Lipinski definition) is 1. The summed E-state index contributed by atoms with van der Waals surface area (Å²) in [6.07, 6.45) is 0. The lowest BCUT2D eigenvalue weighted by Crippen LogP contribution is -1.98. The summed E-state index contributed by atoms with van der Waals surface area (Å²) < 4.78 is 4.47. The molecule has 0 aromatic rings. The third-order valence-electron chi connectivity index (χ3n) is 0.502. The number of carbonyl (C=O) groups is 1.